The highest BCUT2D eigenvalue weighted by Crippen LogP contribution is 2.42. The van der Waals surface area contributed by atoms with Gasteiger partial charge in [-0.15, -0.1) is 11.3 Å². The van der Waals surface area contributed by atoms with Crippen molar-refractivity contribution in [1.82, 2.24) is 0 Å². The number of rotatable bonds is 4. The molecule has 0 fully saturated rings. The first kappa shape index (κ1) is 18.8. The summed E-state index contributed by atoms with van der Waals surface area (Å²) in [5, 5.41) is 3.16. The second-order valence-corrected chi connectivity index (χ2v) is 7.84. The van der Waals surface area contributed by atoms with E-state index < -0.39 is 18.5 Å². The molecular formula is C20H13Cl2NO4S. The van der Waals surface area contributed by atoms with Crippen LogP contribution in [0.4, 0.5) is 5.69 Å². The zero-order valence-corrected chi connectivity index (χ0v) is 16.7. The molecule has 3 aromatic rings. The lowest BCUT2D eigenvalue weighted by Crippen LogP contribution is -2.21. The van der Waals surface area contributed by atoms with Crippen LogP contribution in [0.15, 0.2) is 48.5 Å². The van der Waals surface area contributed by atoms with E-state index in [2.05, 4.69) is 5.32 Å². The molecule has 0 saturated carbocycles. The van der Waals surface area contributed by atoms with E-state index in [-0.39, 0.29) is 5.69 Å². The molecule has 1 N–H and O–H groups in total. The Morgan fingerprint density at radius 1 is 1.11 bits per heavy atom. The zero-order valence-electron chi connectivity index (χ0n) is 14.3. The normalized spacial score (nSPS) is 11.8. The van der Waals surface area contributed by atoms with Gasteiger partial charge in [0.05, 0.1) is 15.7 Å². The number of fused-ring (bicyclic) bond motifs is 3. The van der Waals surface area contributed by atoms with E-state index in [9.17, 15) is 9.59 Å². The predicted molar refractivity (Wildman–Crippen MR) is 109 cm³/mol. The van der Waals surface area contributed by atoms with Crippen LogP contribution >= 0.6 is 34.5 Å². The van der Waals surface area contributed by atoms with Gasteiger partial charge in [-0.05, 0) is 30.3 Å². The van der Waals surface area contributed by atoms with Crippen molar-refractivity contribution >= 4 is 52.1 Å². The highest BCUT2D eigenvalue weighted by molar-refractivity contribution is 7.17. The highest BCUT2D eigenvalue weighted by atomic mass is 35.5. The van der Waals surface area contributed by atoms with Gasteiger partial charge < -0.3 is 14.8 Å². The van der Waals surface area contributed by atoms with Gasteiger partial charge in [0.2, 0.25) is 0 Å². The summed E-state index contributed by atoms with van der Waals surface area (Å²) in [5.41, 5.74) is 2.15. The number of anilines is 1. The maximum Gasteiger partial charge on any atom is 0.348 e. The molecule has 1 aliphatic rings. The summed E-state index contributed by atoms with van der Waals surface area (Å²) in [6.07, 6.45) is 0. The van der Waals surface area contributed by atoms with Crippen LogP contribution in [0.25, 0.3) is 10.4 Å². The summed E-state index contributed by atoms with van der Waals surface area (Å²) in [7, 11) is 0. The summed E-state index contributed by atoms with van der Waals surface area (Å²) < 4.78 is 10.8. The van der Waals surface area contributed by atoms with Gasteiger partial charge in [-0.2, -0.15) is 0 Å². The lowest BCUT2D eigenvalue weighted by Gasteiger charge is -2.16. The van der Waals surface area contributed by atoms with Gasteiger partial charge in [0.25, 0.3) is 5.91 Å². The summed E-state index contributed by atoms with van der Waals surface area (Å²) in [5.74, 6) is -0.316. The van der Waals surface area contributed by atoms with E-state index in [4.69, 9.17) is 32.7 Å². The number of amides is 1. The molecular weight excluding hydrogens is 421 g/mol. The third-order valence-corrected chi connectivity index (χ3v) is 5.91. The van der Waals surface area contributed by atoms with Crippen molar-refractivity contribution in [3.05, 3.63) is 69.0 Å². The number of nitrogens with one attached hydrogen (secondary N) is 1. The Bertz CT molecular complexity index is 1060. The maximum absolute atomic E-state index is 12.4. The first-order valence-electron chi connectivity index (χ1n) is 8.29. The number of thiophene rings is 1. The molecule has 8 heteroatoms. The smallest absolute Gasteiger partial charge is 0.348 e. The van der Waals surface area contributed by atoms with E-state index in [1.54, 1.807) is 24.3 Å². The summed E-state index contributed by atoms with van der Waals surface area (Å²) in [6, 6.07) is 14.3. The van der Waals surface area contributed by atoms with Crippen LogP contribution in [0.2, 0.25) is 10.0 Å². The Morgan fingerprint density at radius 3 is 2.64 bits per heavy atom. The number of carbonyl (C=O) groups is 2. The van der Waals surface area contributed by atoms with Crippen molar-refractivity contribution in [3.8, 4) is 16.2 Å². The van der Waals surface area contributed by atoms with Crippen LogP contribution in [0.3, 0.4) is 0 Å². The van der Waals surface area contributed by atoms with Crippen LogP contribution < -0.4 is 10.1 Å². The topological polar surface area (TPSA) is 64.6 Å². The van der Waals surface area contributed by atoms with Crippen molar-refractivity contribution < 1.29 is 19.1 Å². The molecule has 1 aliphatic heterocycles. The molecule has 0 saturated heterocycles. The molecule has 28 heavy (non-hydrogen) atoms. The van der Waals surface area contributed by atoms with E-state index in [0.717, 1.165) is 21.8 Å². The van der Waals surface area contributed by atoms with Crippen molar-refractivity contribution in [1.29, 1.82) is 0 Å². The van der Waals surface area contributed by atoms with Crippen molar-refractivity contribution in [3.63, 3.8) is 0 Å². The van der Waals surface area contributed by atoms with Gasteiger partial charge in [-0.3, -0.25) is 4.79 Å². The van der Waals surface area contributed by atoms with Crippen LogP contribution in [0.1, 0.15) is 15.2 Å². The van der Waals surface area contributed by atoms with Crippen molar-refractivity contribution in [2.45, 2.75) is 6.61 Å². The Kier molecular flexibility index (Phi) is 5.26. The van der Waals surface area contributed by atoms with Gasteiger partial charge in [0, 0.05) is 16.0 Å². The van der Waals surface area contributed by atoms with E-state index in [0.29, 0.717) is 21.5 Å². The fraction of sp³-hybridized carbons (Fsp3) is 0.100. The first-order chi connectivity index (χ1) is 13.5. The average Bonchev–Trinajstić information content (AvgIpc) is 3.14. The molecule has 4 rings (SSSR count). The summed E-state index contributed by atoms with van der Waals surface area (Å²) >= 11 is 13.3. The Labute approximate surface area is 174 Å². The lowest BCUT2D eigenvalue weighted by atomic mass is 10.1. The quantitative estimate of drug-likeness (QED) is 0.558. The van der Waals surface area contributed by atoms with Gasteiger partial charge >= 0.3 is 5.97 Å². The largest absolute Gasteiger partial charge is 0.488 e. The minimum atomic E-state index is -0.572. The number of hydrogen-bond acceptors (Lipinski definition) is 5. The molecule has 0 radical (unpaired) electrons. The molecule has 0 spiro atoms. The number of carbonyl (C=O) groups excluding carboxylic acids is 2. The number of ether oxygens (including phenoxy) is 2. The predicted octanol–water partition coefficient (Wildman–Crippen LogP) is 5.41. The van der Waals surface area contributed by atoms with Gasteiger partial charge in [0.15, 0.2) is 6.61 Å². The molecule has 2 heterocycles. The minimum absolute atomic E-state index is 0.284. The molecule has 5 nitrogen and oxygen atoms in total. The molecule has 0 unspecified atom stereocenters. The van der Waals surface area contributed by atoms with E-state index >= 15 is 0 Å². The molecule has 0 atom stereocenters. The average molecular weight is 434 g/mol. The SMILES string of the molecule is O=C(COC(=O)c1cc2c(s1)-c1ccccc1OC2)Nc1c(Cl)cccc1Cl. The molecule has 2 aromatic carbocycles. The van der Waals surface area contributed by atoms with Crippen LogP contribution in [0, 0.1) is 0 Å². The number of esters is 1. The Morgan fingerprint density at radius 2 is 1.86 bits per heavy atom. The third kappa shape index (κ3) is 3.71. The highest BCUT2D eigenvalue weighted by Gasteiger charge is 2.23. The number of halogens is 2. The summed E-state index contributed by atoms with van der Waals surface area (Å²) in [4.78, 5) is 25.9. The molecule has 0 bridgehead atoms. The third-order valence-electron chi connectivity index (χ3n) is 4.09. The fourth-order valence-electron chi connectivity index (χ4n) is 2.80. The molecule has 1 aromatic heterocycles. The van der Waals surface area contributed by atoms with E-state index in [1.165, 1.54) is 11.3 Å². The lowest BCUT2D eigenvalue weighted by molar-refractivity contribution is -0.119. The fourth-order valence-corrected chi connectivity index (χ4v) is 4.38. The monoisotopic (exact) mass is 433 g/mol. The molecule has 1 amide bonds. The number of benzene rings is 2. The second-order valence-electron chi connectivity index (χ2n) is 5.97. The maximum atomic E-state index is 12.4. The minimum Gasteiger partial charge on any atom is -0.488 e. The Balaban J connectivity index is 1.43. The van der Waals surface area contributed by atoms with Gasteiger partial charge in [-0.25, -0.2) is 4.79 Å². The number of para-hydroxylation sites is 2. The van der Waals surface area contributed by atoms with Gasteiger partial charge in [-0.1, -0.05) is 41.4 Å². The number of hydrogen-bond donors (Lipinski definition) is 1. The standard InChI is InChI=1S/C20H13Cl2NO4S/c21-13-5-3-6-14(22)18(13)23-17(24)10-27-20(25)16-8-11-9-26-15-7-2-1-4-12(15)19(11)28-16/h1-8H,9-10H2,(H,23,24). The first-order valence-corrected chi connectivity index (χ1v) is 9.86. The molecule has 0 aliphatic carbocycles. The van der Waals surface area contributed by atoms with Crippen molar-refractivity contribution in [2.75, 3.05) is 11.9 Å². The summed E-state index contributed by atoms with van der Waals surface area (Å²) in [6.45, 7) is -0.0579. The zero-order chi connectivity index (χ0) is 19.7. The van der Waals surface area contributed by atoms with Crippen LogP contribution in [0.5, 0.6) is 5.75 Å². The van der Waals surface area contributed by atoms with Crippen LogP contribution in [-0.4, -0.2) is 18.5 Å². The Hall–Kier alpha value is -2.54. The van der Waals surface area contributed by atoms with E-state index in [1.807, 2.05) is 24.3 Å². The van der Waals surface area contributed by atoms with Crippen molar-refractivity contribution in [2.24, 2.45) is 0 Å². The van der Waals surface area contributed by atoms with Crippen LogP contribution in [-0.2, 0) is 16.1 Å². The molecule has 142 valence electrons. The second kappa shape index (κ2) is 7.83. The van der Waals surface area contributed by atoms with Gasteiger partial charge in [0.1, 0.15) is 17.2 Å².